The molecule has 0 saturated heterocycles. The molecule has 7 nitrogen and oxygen atoms in total. The minimum Gasteiger partial charge on any atom is -0.744 e. The monoisotopic (exact) mass is 909 g/mol. The van der Waals surface area contributed by atoms with Gasteiger partial charge >= 0.3 is 41.5 Å². The van der Waals surface area contributed by atoms with Crippen LogP contribution in [0.5, 0.6) is 0 Å². The number of rotatable bonds is 45. The molecule has 0 N–H and O–H groups in total. The van der Waals surface area contributed by atoms with E-state index in [0.29, 0.717) is 12.8 Å². The normalized spacial score (nSPS) is 11.7. The van der Waals surface area contributed by atoms with E-state index in [1.807, 2.05) is 0 Å². The Morgan fingerprint density at radius 1 is 0.429 bits per heavy atom. The second-order valence-electron chi connectivity index (χ2n) is 17.8. The van der Waals surface area contributed by atoms with Crippen molar-refractivity contribution in [2.24, 2.45) is 0 Å². The van der Waals surface area contributed by atoms with E-state index in [2.05, 4.69) is 38.2 Å². The van der Waals surface area contributed by atoms with Crippen LogP contribution in [0.3, 0.4) is 0 Å². The topological polar surface area (TPSA) is 110 Å². The summed E-state index contributed by atoms with van der Waals surface area (Å²) in [4.78, 5) is 25.4. The maximum Gasteiger partial charge on any atom is 1.00 e. The van der Waals surface area contributed by atoms with E-state index in [4.69, 9.17) is 9.47 Å². The van der Waals surface area contributed by atoms with Crippen LogP contribution in [0, 0.1) is 0 Å². The van der Waals surface area contributed by atoms with Crippen molar-refractivity contribution >= 4 is 22.1 Å². The van der Waals surface area contributed by atoms with Gasteiger partial charge in [-0.2, -0.15) is 0 Å². The molecule has 0 aliphatic rings. The second kappa shape index (κ2) is 45.7. The molecule has 0 spiro atoms. The first kappa shape index (κ1) is 61.5. The Morgan fingerprint density at radius 3 is 1.00 bits per heavy atom. The van der Waals surface area contributed by atoms with Gasteiger partial charge in [-0.3, -0.25) is 0 Å². The fourth-order valence-corrected chi connectivity index (χ4v) is 8.47. The summed E-state index contributed by atoms with van der Waals surface area (Å²) >= 11 is 0. The SMILES string of the molecule is CCCCCCCCCCCCC/C=C/CCCCCCCCOC(=O)c1ccc(S(=O)(=O)[O-])cc1C(=O)OCCCCCCCC/C=C/CCCCCCCCCCCCC.[Na+]. The molecule has 9 heteroatoms. The number of allylic oxidation sites excluding steroid dienone is 4. The summed E-state index contributed by atoms with van der Waals surface area (Å²) < 4.78 is 46.0. The van der Waals surface area contributed by atoms with E-state index in [1.165, 1.54) is 186 Å². The third-order valence-corrected chi connectivity index (χ3v) is 12.8. The Morgan fingerprint density at radius 2 is 0.698 bits per heavy atom. The van der Waals surface area contributed by atoms with Crippen molar-refractivity contribution in [3.63, 3.8) is 0 Å². The van der Waals surface area contributed by atoms with Gasteiger partial charge in [0.05, 0.1) is 29.2 Å². The fraction of sp³-hybridized carbons (Fsp3) is 0.778. The van der Waals surface area contributed by atoms with E-state index in [0.717, 1.165) is 63.5 Å². The zero-order valence-corrected chi connectivity index (χ0v) is 43.9. The minimum atomic E-state index is -4.82. The summed E-state index contributed by atoms with van der Waals surface area (Å²) in [5.74, 6) is -1.55. The minimum absolute atomic E-state index is 0. The summed E-state index contributed by atoms with van der Waals surface area (Å²) in [5.41, 5.74) is -0.344. The van der Waals surface area contributed by atoms with Crippen LogP contribution in [-0.2, 0) is 19.6 Å². The molecule has 0 heterocycles. The molecule has 0 saturated carbocycles. The van der Waals surface area contributed by atoms with Crippen LogP contribution in [0.2, 0.25) is 0 Å². The Balaban J connectivity index is 0.0000384. The molecule has 358 valence electrons. The van der Waals surface area contributed by atoms with Crippen molar-refractivity contribution in [2.75, 3.05) is 13.2 Å². The van der Waals surface area contributed by atoms with Gasteiger partial charge in [0.2, 0.25) is 0 Å². The predicted molar refractivity (Wildman–Crippen MR) is 260 cm³/mol. The van der Waals surface area contributed by atoms with E-state index in [1.54, 1.807) is 0 Å². The van der Waals surface area contributed by atoms with Crippen molar-refractivity contribution < 1.29 is 61.6 Å². The predicted octanol–water partition coefficient (Wildman–Crippen LogP) is 13.9. The van der Waals surface area contributed by atoms with Crippen LogP contribution >= 0.6 is 0 Å². The molecular weight excluding hydrogens is 816 g/mol. The van der Waals surface area contributed by atoms with Crippen molar-refractivity contribution in [2.45, 2.75) is 263 Å². The maximum absolute atomic E-state index is 13.0. The molecule has 1 aromatic rings. The standard InChI is InChI=1S/C54H94O7S.Na/c1-3-5-7-9-11-13-15-17-19-21-23-25-27-29-31-33-35-37-39-41-43-47-60-53(55)51-46-45-50(62(57,58)59)49-52(51)54(56)61-48-44-42-40-38-36-34-32-30-28-26-24-22-20-18-16-14-12-10-8-6-4-2;/h27-30,45-46,49H,3-26,31-44,47-48H2,1-2H3,(H,57,58,59);/q;+1/p-1/b29-27+,30-28+;. The number of hydrogen-bond donors (Lipinski definition) is 0. The van der Waals surface area contributed by atoms with E-state index in [-0.39, 0.29) is 53.9 Å². The number of unbranched alkanes of at least 4 members (excludes halogenated alkanes) is 34. The average Bonchev–Trinajstić information content (AvgIpc) is 3.26. The van der Waals surface area contributed by atoms with Gasteiger partial charge in [-0.1, -0.05) is 218 Å². The van der Waals surface area contributed by atoms with Gasteiger partial charge < -0.3 is 14.0 Å². The van der Waals surface area contributed by atoms with E-state index >= 15 is 0 Å². The van der Waals surface area contributed by atoms with Crippen LogP contribution in [0.4, 0.5) is 0 Å². The van der Waals surface area contributed by atoms with Gasteiger partial charge in [0.25, 0.3) is 0 Å². The number of carbonyl (C=O) groups is 2. The van der Waals surface area contributed by atoms with Gasteiger partial charge in [0.15, 0.2) is 0 Å². The zero-order valence-electron chi connectivity index (χ0n) is 41.1. The quantitative estimate of drug-likeness (QED) is 0.0211. The van der Waals surface area contributed by atoms with Crippen LogP contribution < -0.4 is 29.6 Å². The Bertz CT molecular complexity index is 1380. The smallest absolute Gasteiger partial charge is 0.744 e. The number of hydrogen-bond acceptors (Lipinski definition) is 7. The van der Waals surface area contributed by atoms with Gasteiger partial charge in [-0.05, 0) is 82.4 Å². The first-order valence-electron chi connectivity index (χ1n) is 26.0. The Hall–Kier alpha value is -1.45. The molecule has 1 rings (SSSR count). The van der Waals surface area contributed by atoms with Crippen molar-refractivity contribution in [1.29, 1.82) is 0 Å². The Labute approximate surface area is 410 Å². The number of carbonyl (C=O) groups excluding carboxylic acids is 2. The Kier molecular flexibility index (Phi) is 44.6. The third kappa shape index (κ3) is 38.4. The fourth-order valence-electron chi connectivity index (χ4n) is 7.98. The van der Waals surface area contributed by atoms with Crippen LogP contribution in [0.1, 0.15) is 279 Å². The number of benzene rings is 1. The first-order valence-corrected chi connectivity index (χ1v) is 27.5. The van der Waals surface area contributed by atoms with Crippen LogP contribution in [-0.4, -0.2) is 38.1 Å². The summed E-state index contributed by atoms with van der Waals surface area (Å²) in [7, 11) is -4.82. The summed E-state index contributed by atoms with van der Waals surface area (Å²) in [5, 5.41) is 0. The summed E-state index contributed by atoms with van der Waals surface area (Å²) in [6, 6.07) is 3.14. The summed E-state index contributed by atoms with van der Waals surface area (Å²) in [6.07, 6.45) is 56.6. The number of ether oxygens (including phenoxy) is 2. The summed E-state index contributed by atoms with van der Waals surface area (Å²) in [6.45, 7) is 4.90. The van der Waals surface area contributed by atoms with E-state index < -0.39 is 27.0 Å². The number of esters is 2. The second-order valence-corrected chi connectivity index (χ2v) is 19.2. The van der Waals surface area contributed by atoms with Crippen molar-refractivity contribution in [3.05, 3.63) is 53.6 Å². The molecule has 0 fully saturated rings. The van der Waals surface area contributed by atoms with Gasteiger partial charge in [-0.15, -0.1) is 0 Å². The van der Waals surface area contributed by atoms with Gasteiger partial charge in [0, 0.05) is 0 Å². The molecule has 0 aliphatic heterocycles. The third-order valence-electron chi connectivity index (χ3n) is 12.0. The molecule has 0 aromatic heterocycles. The maximum atomic E-state index is 13.0. The molecule has 0 unspecified atom stereocenters. The van der Waals surface area contributed by atoms with Gasteiger partial charge in [0.1, 0.15) is 10.1 Å². The molecule has 63 heavy (non-hydrogen) atoms. The first-order chi connectivity index (χ1) is 30.3. The van der Waals surface area contributed by atoms with Crippen molar-refractivity contribution in [1.82, 2.24) is 0 Å². The zero-order chi connectivity index (χ0) is 45.0. The molecule has 0 radical (unpaired) electrons. The molecular formula is C54H93NaO7S. The molecule has 1 aromatic carbocycles. The van der Waals surface area contributed by atoms with Gasteiger partial charge in [-0.25, -0.2) is 18.0 Å². The molecule has 0 amide bonds. The average molecular weight is 909 g/mol. The van der Waals surface area contributed by atoms with Crippen LogP contribution in [0.25, 0.3) is 0 Å². The van der Waals surface area contributed by atoms with E-state index in [9.17, 15) is 22.6 Å². The molecule has 0 atom stereocenters. The molecule has 0 aliphatic carbocycles. The molecule has 0 bridgehead atoms. The van der Waals surface area contributed by atoms with Crippen LogP contribution in [0.15, 0.2) is 47.4 Å². The van der Waals surface area contributed by atoms with Crippen molar-refractivity contribution in [3.8, 4) is 0 Å². The largest absolute Gasteiger partial charge is 1.00 e.